The molecule has 4 nitrogen and oxygen atoms in total. The highest BCUT2D eigenvalue weighted by atomic mass is 32.1. The molecule has 15 heavy (non-hydrogen) atoms. The van der Waals surface area contributed by atoms with Crippen molar-refractivity contribution < 1.29 is 0 Å². The van der Waals surface area contributed by atoms with Crippen molar-refractivity contribution in [3.8, 4) is 11.5 Å². The van der Waals surface area contributed by atoms with Gasteiger partial charge in [-0.05, 0) is 18.6 Å². The fourth-order valence-corrected chi connectivity index (χ4v) is 2.11. The first kappa shape index (κ1) is 10.5. The van der Waals surface area contributed by atoms with Crippen molar-refractivity contribution >= 4 is 23.6 Å². The molecule has 0 aliphatic rings. The van der Waals surface area contributed by atoms with E-state index in [2.05, 4.69) is 22.1 Å². The van der Waals surface area contributed by atoms with Gasteiger partial charge in [0.25, 0.3) is 0 Å². The number of hydrogen-bond acceptors (Lipinski definition) is 4. The molecule has 2 rings (SSSR count). The third-order valence-corrected chi connectivity index (χ3v) is 3.05. The van der Waals surface area contributed by atoms with Crippen LogP contribution in [0.2, 0.25) is 0 Å². The highest BCUT2D eigenvalue weighted by molar-refractivity contribution is 7.71. The Balaban J connectivity index is 2.36. The lowest BCUT2D eigenvalue weighted by molar-refractivity contribution is 0.628. The molecule has 0 unspecified atom stereocenters. The number of aromatic nitrogens is 4. The molecular weight excluding hydrogens is 228 g/mol. The van der Waals surface area contributed by atoms with Crippen molar-refractivity contribution in [3.63, 3.8) is 0 Å². The van der Waals surface area contributed by atoms with Gasteiger partial charge in [0.05, 0.1) is 5.51 Å². The van der Waals surface area contributed by atoms with Gasteiger partial charge in [0.2, 0.25) is 0 Å². The number of hydrogen-bond donors (Lipinski definition) is 1. The molecule has 0 radical (unpaired) electrons. The van der Waals surface area contributed by atoms with Crippen LogP contribution in [-0.2, 0) is 6.54 Å². The lowest BCUT2D eigenvalue weighted by Gasteiger charge is -2.02. The van der Waals surface area contributed by atoms with Crippen LogP contribution in [0, 0.1) is 4.77 Å². The molecule has 0 aromatic carbocycles. The smallest absolute Gasteiger partial charge is 0.195 e. The topological polar surface area (TPSA) is 46.5 Å². The number of rotatable bonds is 4. The van der Waals surface area contributed by atoms with Gasteiger partial charge < -0.3 is 0 Å². The first-order valence-corrected chi connectivity index (χ1v) is 6.21. The maximum Gasteiger partial charge on any atom is 0.195 e. The van der Waals surface area contributed by atoms with Crippen LogP contribution in [0.1, 0.15) is 19.8 Å². The second kappa shape index (κ2) is 4.67. The summed E-state index contributed by atoms with van der Waals surface area (Å²) in [6.07, 6.45) is 2.24. The summed E-state index contributed by atoms with van der Waals surface area (Å²) in [7, 11) is 0. The Morgan fingerprint density at radius 2 is 2.47 bits per heavy atom. The van der Waals surface area contributed by atoms with E-state index in [1.165, 1.54) is 0 Å². The number of nitrogens with zero attached hydrogens (tertiary/aromatic N) is 3. The van der Waals surface area contributed by atoms with E-state index < -0.39 is 0 Å². The van der Waals surface area contributed by atoms with Crippen LogP contribution in [0.5, 0.6) is 0 Å². The lowest BCUT2D eigenvalue weighted by Crippen LogP contribution is -2.00. The van der Waals surface area contributed by atoms with Crippen molar-refractivity contribution in [2.45, 2.75) is 26.3 Å². The van der Waals surface area contributed by atoms with Crippen molar-refractivity contribution in [2.24, 2.45) is 0 Å². The summed E-state index contributed by atoms with van der Waals surface area (Å²) in [6, 6.07) is 0. The average molecular weight is 240 g/mol. The molecule has 0 atom stereocenters. The minimum atomic E-state index is 0.673. The minimum Gasteiger partial charge on any atom is -0.299 e. The third-order valence-electron chi connectivity index (χ3n) is 2.15. The summed E-state index contributed by atoms with van der Waals surface area (Å²) in [4.78, 5) is 4.24. The van der Waals surface area contributed by atoms with Gasteiger partial charge in [-0.15, -0.1) is 11.3 Å². The highest BCUT2D eigenvalue weighted by Crippen LogP contribution is 2.17. The minimum absolute atomic E-state index is 0.673. The molecule has 1 N–H and O–H groups in total. The molecular formula is C9H12N4S2. The Labute approximate surface area is 97.0 Å². The zero-order valence-electron chi connectivity index (χ0n) is 8.43. The van der Waals surface area contributed by atoms with E-state index in [4.69, 9.17) is 12.2 Å². The van der Waals surface area contributed by atoms with Gasteiger partial charge >= 0.3 is 0 Å². The normalized spacial score (nSPS) is 10.7. The number of aromatic amines is 1. The SMILES string of the molecule is CCCCn1c(-c2cscn2)n[nH]c1=S. The largest absolute Gasteiger partial charge is 0.299 e. The summed E-state index contributed by atoms with van der Waals surface area (Å²) < 4.78 is 2.68. The lowest BCUT2D eigenvalue weighted by atomic mass is 10.3. The Morgan fingerprint density at radius 1 is 1.60 bits per heavy atom. The van der Waals surface area contributed by atoms with Crippen molar-refractivity contribution in [1.82, 2.24) is 19.7 Å². The van der Waals surface area contributed by atoms with Crippen LogP contribution in [0.15, 0.2) is 10.9 Å². The molecule has 80 valence electrons. The maximum absolute atomic E-state index is 5.18. The third kappa shape index (κ3) is 2.15. The van der Waals surface area contributed by atoms with Gasteiger partial charge in [0, 0.05) is 11.9 Å². The molecule has 0 fully saturated rings. The molecule has 2 heterocycles. The van der Waals surface area contributed by atoms with Crippen LogP contribution < -0.4 is 0 Å². The molecule has 6 heteroatoms. The molecule has 0 amide bonds. The quantitative estimate of drug-likeness (QED) is 0.836. The molecule has 2 aromatic rings. The molecule has 0 saturated carbocycles. The average Bonchev–Trinajstić information content (AvgIpc) is 2.84. The van der Waals surface area contributed by atoms with Gasteiger partial charge in [0.1, 0.15) is 5.69 Å². The Kier molecular flexibility index (Phi) is 3.27. The fraction of sp³-hybridized carbons (Fsp3) is 0.444. The summed E-state index contributed by atoms with van der Waals surface area (Å²) >= 11 is 6.74. The Bertz CT molecular complexity index is 469. The zero-order valence-corrected chi connectivity index (χ0v) is 10.1. The number of unbranched alkanes of at least 4 members (excludes halogenated alkanes) is 1. The van der Waals surface area contributed by atoms with Gasteiger partial charge in [0.15, 0.2) is 10.6 Å². The molecule has 0 saturated heterocycles. The van der Waals surface area contributed by atoms with Crippen LogP contribution in [0.25, 0.3) is 11.5 Å². The second-order valence-electron chi connectivity index (χ2n) is 3.23. The number of H-pyrrole nitrogens is 1. The van der Waals surface area contributed by atoms with Gasteiger partial charge in [-0.2, -0.15) is 5.10 Å². The summed E-state index contributed by atoms with van der Waals surface area (Å²) in [5.41, 5.74) is 2.69. The predicted molar refractivity (Wildman–Crippen MR) is 63.4 cm³/mol. The van der Waals surface area contributed by atoms with Crippen LogP contribution >= 0.6 is 23.6 Å². The van der Waals surface area contributed by atoms with E-state index in [0.29, 0.717) is 4.77 Å². The van der Waals surface area contributed by atoms with Crippen LogP contribution in [0.3, 0.4) is 0 Å². The van der Waals surface area contributed by atoms with Crippen LogP contribution in [0.4, 0.5) is 0 Å². The number of thiazole rings is 1. The number of nitrogens with one attached hydrogen (secondary N) is 1. The van der Waals surface area contributed by atoms with E-state index in [1.807, 2.05) is 9.95 Å². The van der Waals surface area contributed by atoms with Gasteiger partial charge in [-0.3, -0.25) is 9.67 Å². The van der Waals surface area contributed by atoms with E-state index in [9.17, 15) is 0 Å². The van der Waals surface area contributed by atoms with E-state index >= 15 is 0 Å². The van der Waals surface area contributed by atoms with Gasteiger partial charge in [-0.25, -0.2) is 4.98 Å². The van der Waals surface area contributed by atoms with Crippen molar-refractivity contribution in [3.05, 3.63) is 15.7 Å². The van der Waals surface area contributed by atoms with E-state index in [0.717, 1.165) is 30.9 Å². The van der Waals surface area contributed by atoms with E-state index in [-0.39, 0.29) is 0 Å². The molecule has 0 aliphatic carbocycles. The maximum atomic E-state index is 5.18. The molecule has 0 spiro atoms. The molecule has 0 bridgehead atoms. The fourth-order valence-electron chi connectivity index (χ4n) is 1.36. The predicted octanol–water partition coefficient (Wildman–Crippen LogP) is 2.86. The second-order valence-corrected chi connectivity index (χ2v) is 4.34. The van der Waals surface area contributed by atoms with E-state index in [1.54, 1.807) is 16.8 Å². The molecule has 0 aliphatic heterocycles. The van der Waals surface area contributed by atoms with Crippen LogP contribution in [-0.4, -0.2) is 19.7 Å². The summed E-state index contributed by atoms with van der Waals surface area (Å²) in [5, 5.41) is 9.00. The summed E-state index contributed by atoms with van der Waals surface area (Å²) in [5.74, 6) is 0.842. The highest BCUT2D eigenvalue weighted by Gasteiger charge is 2.09. The van der Waals surface area contributed by atoms with Crippen molar-refractivity contribution in [1.29, 1.82) is 0 Å². The summed E-state index contributed by atoms with van der Waals surface area (Å²) in [6.45, 7) is 3.06. The molecule has 2 aromatic heterocycles. The van der Waals surface area contributed by atoms with Crippen molar-refractivity contribution in [2.75, 3.05) is 0 Å². The zero-order chi connectivity index (χ0) is 10.7. The Hall–Kier alpha value is -1.01. The monoisotopic (exact) mass is 240 g/mol. The first-order valence-electron chi connectivity index (χ1n) is 4.86. The first-order chi connectivity index (χ1) is 7.33. The standard InChI is InChI=1S/C9H12N4S2/c1-2-3-4-13-8(11-12-9(13)14)7-5-15-6-10-7/h5-6H,2-4H2,1H3,(H,12,14). The Morgan fingerprint density at radius 3 is 3.13 bits per heavy atom. The van der Waals surface area contributed by atoms with Gasteiger partial charge in [-0.1, -0.05) is 13.3 Å².